The lowest BCUT2D eigenvalue weighted by Crippen LogP contribution is -2.50. The maximum atomic E-state index is 12.5. The van der Waals surface area contributed by atoms with Crippen molar-refractivity contribution in [1.29, 1.82) is 0 Å². The summed E-state index contributed by atoms with van der Waals surface area (Å²) < 4.78 is 23.0. The highest BCUT2D eigenvalue weighted by molar-refractivity contribution is 5.75. The van der Waals surface area contributed by atoms with Crippen molar-refractivity contribution in [2.24, 2.45) is 0 Å². The Bertz CT molecular complexity index is 700. The number of carbonyl (C=O) groups is 1. The van der Waals surface area contributed by atoms with Crippen molar-refractivity contribution in [2.45, 2.75) is 50.7 Å². The third kappa shape index (κ3) is 2.25. The summed E-state index contributed by atoms with van der Waals surface area (Å²) in [5.41, 5.74) is 2.85. The molecule has 24 heavy (non-hydrogen) atoms. The van der Waals surface area contributed by atoms with Gasteiger partial charge in [0, 0.05) is 0 Å². The molecule has 0 N–H and O–H groups in total. The van der Waals surface area contributed by atoms with E-state index in [4.69, 9.17) is 18.9 Å². The summed E-state index contributed by atoms with van der Waals surface area (Å²) in [6.07, 6.45) is -1.70. The second kappa shape index (κ2) is 5.31. The molecule has 3 aliphatic rings. The summed E-state index contributed by atoms with van der Waals surface area (Å²) in [5.74, 6) is -0.747. The molecule has 0 bridgehead atoms. The van der Waals surface area contributed by atoms with Crippen molar-refractivity contribution >= 4 is 11.7 Å². The topological polar surface area (TPSA) is 57.2 Å². The number of amides is 1. The summed E-state index contributed by atoms with van der Waals surface area (Å²) >= 11 is 0. The van der Waals surface area contributed by atoms with Crippen LogP contribution in [0.15, 0.2) is 30.8 Å². The minimum Gasteiger partial charge on any atom is -0.453 e. The molecule has 4 atom stereocenters. The predicted octanol–water partition coefficient (Wildman–Crippen LogP) is 2.53. The number of rotatable bonds is 0. The van der Waals surface area contributed by atoms with E-state index in [1.54, 1.807) is 4.90 Å². The molecule has 0 saturated carbocycles. The van der Waals surface area contributed by atoms with E-state index in [1.165, 1.54) is 7.11 Å². The normalized spacial score (nSPS) is 33.5. The summed E-state index contributed by atoms with van der Waals surface area (Å²) in [6.45, 7) is 8.32. The number of ether oxygens (including phenoxy) is 4. The van der Waals surface area contributed by atoms with Gasteiger partial charge in [0.05, 0.1) is 19.7 Å². The van der Waals surface area contributed by atoms with Crippen LogP contribution in [0.2, 0.25) is 0 Å². The zero-order chi connectivity index (χ0) is 17.1. The number of benzene rings is 1. The lowest BCUT2D eigenvalue weighted by Gasteiger charge is -2.32. The Morgan fingerprint density at radius 3 is 2.83 bits per heavy atom. The summed E-state index contributed by atoms with van der Waals surface area (Å²) in [7, 11) is 1.38. The molecule has 128 valence electrons. The van der Waals surface area contributed by atoms with Crippen molar-refractivity contribution < 1.29 is 23.7 Å². The Morgan fingerprint density at radius 1 is 1.33 bits per heavy atom. The first-order chi connectivity index (χ1) is 11.4. The number of nitrogens with zero attached hydrogens (tertiary/aromatic N) is 1. The molecule has 2 saturated heterocycles. The second-order valence-corrected chi connectivity index (χ2v) is 6.80. The highest BCUT2D eigenvalue weighted by Gasteiger charge is 2.59. The van der Waals surface area contributed by atoms with Crippen LogP contribution in [0.4, 0.5) is 4.79 Å². The van der Waals surface area contributed by atoms with E-state index >= 15 is 0 Å². The van der Waals surface area contributed by atoms with Crippen LogP contribution >= 0.6 is 0 Å². The minimum absolute atomic E-state index is 0.343. The fourth-order valence-electron chi connectivity index (χ4n) is 3.84. The lowest BCUT2D eigenvalue weighted by atomic mass is 9.95. The molecule has 3 heterocycles. The van der Waals surface area contributed by atoms with E-state index in [0.717, 1.165) is 16.7 Å². The van der Waals surface area contributed by atoms with Crippen LogP contribution in [-0.2, 0) is 25.5 Å². The summed E-state index contributed by atoms with van der Waals surface area (Å²) in [5, 5.41) is 0. The predicted molar refractivity (Wildman–Crippen MR) is 85.9 cm³/mol. The van der Waals surface area contributed by atoms with Crippen molar-refractivity contribution in [2.75, 3.05) is 7.11 Å². The Labute approximate surface area is 140 Å². The molecule has 6 nitrogen and oxygen atoms in total. The molecule has 0 aliphatic carbocycles. The monoisotopic (exact) mass is 331 g/mol. The Morgan fingerprint density at radius 2 is 2.08 bits per heavy atom. The molecule has 1 amide bonds. The van der Waals surface area contributed by atoms with Crippen molar-refractivity contribution in [3.63, 3.8) is 0 Å². The van der Waals surface area contributed by atoms with Crippen molar-refractivity contribution in [3.8, 4) is 0 Å². The Balaban J connectivity index is 1.78. The van der Waals surface area contributed by atoms with Gasteiger partial charge in [-0.1, -0.05) is 30.8 Å². The van der Waals surface area contributed by atoms with Gasteiger partial charge in [0.15, 0.2) is 12.1 Å². The van der Waals surface area contributed by atoms with Gasteiger partial charge in [0.2, 0.25) is 0 Å². The van der Waals surface area contributed by atoms with Gasteiger partial charge in [-0.15, -0.1) is 0 Å². The van der Waals surface area contributed by atoms with E-state index in [2.05, 4.69) is 6.58 Å². The minimum atomic E-state index is -0.747. The van der Waals surface area contributed by atoms with Crippen LogP contribution in [0.5, 0.6) is 0 Å². The first-order valence-electron chi connectivity index (χ1n) is 8.04. The maximum Gasteiger partial charge on any atom is 0.410 e. The molecule has 6 heteroatoms. The van der Waals surface area contributed by atoms with Crippen molar-refractivity contribution in [3.05, 3.63) is 42.0 Å². The quantitative estimate of drug-likeness (QED) is 0.731. The van der Waals surface area contributed by atoms with E-state index in [0.29, 0.717) is 6.54 Å². The highest BCUT2D eigenvalue weighted by Crippen LogP contribution is 2.45. The number of carbonyl (C=O) groups excluding carboxylic acids is 1. The highest BCUT2D eigenvalue weighted by atomic mass is 16.8. The van der Waals surface area contributed by atoms with Gasteiger partial charge in [0.1, 0.15) is 12.2 Å². The van der Waals surface area contributed by atoms with Crippen LogP contribution < -0.4 is 0 Å². The summed E-state index contributed by atoms with van der Waals surface area (Å²) in [4.78, 5) is 14.1. The molecule has 4 rings (SSSR count). The van der Waals surface area contributed by atoms with Gasteiger partial charge < -0.3 is 18.9 Å². The van der Waals surface area contributed by atoms with Gasteiger partial charge in [0.25, 0.3) is 0 Å². The maximum absolute atomic E-state index is 12.5. The molecule has 3 aliphatic heterocycles. The zero-order valence-corrected chi connectivity index (χ0v) is 14.0. The molecule has 0 spiro atoms. The summed E-state index contributed by atoms with van der Waals surface area (Å²) in [6, 6.07) is 7.55. The molecular weight excluding hydrogens is 310 g/mol. The van der Waals surface area contributed by atoms with Crippen LogP contribution in [0.1, 0.15) is 25.0 Å². The zero-order valence-electron chi connectivity index (χ0n) is 14.0. The molecule has 1 aromatic carbocycles. The number of hydrogen-bond acceptors (Lipinski definition) is 5. The van der Waals surface area contributed by atoms with Crippen LogP contribution in [-0.4, -0.2) is 48.4 Å². The SMILES string of the molecule is C=C1c2ccccc2CN(C(=O)OC)[C@H]2[C@H]3OC(C)(C)O[C@H]3O[C@H]12. The molecule has 0 radical (unpaired) electrons. The molecule has 1 aromatic rings. The first kappa shape index (κ1) is 15.6. The van der Waals surface area contributed by atoms with E-state index in [-0.39, 0.29) is 18.2 Å². The van der Waals surface area contributed by atoms with Gasteiger partial charge in [-0.2, -0.15) is 0 Å². The number of hydrogen-bond donors (Lipinski definition) is 0. The van der Waals surface area contributed by atoms with Crippen LogP contribution in [0.3, 0.4) is 0 Å². The van der Waals surface area contributed by atoms with Gasteiger partial charge in [-0.05, 0) is 30.5 Å². The fraction of sp³-hybridized carbons (Fsp3) is 0.500. The standard InChI is InChI=1S/C18H21NO5/c1-10-12-8-6-5-7-11(12)9-19(17(20)21-4)13-14(10)22-16-15(13)23-18(2,3)24-16/h5-8,13-16H,1,9H2,2-4H3/t13-,14-,15-,16-/m1/s1. The first-order valence-corrected chi connectivity index (χ1v) is 8.04. The second-order valence-electron chi connectivity index (χ2n) is 6.80. The van der Waals surface area contributed by atoms with E-state index in [9.17, 15) is 4.79 Å². The third-order valence-electron chi connectivity index (χ3n) is 4.83. The smallest absolute Gasteiger partial charge is 0.410 e. The largest absolute Gasteiger partial charge is 0.453 e. The number of methoxy groups -OCH3 is 1. The van der Waals surface area contributed by atoms with Crippen LogP contribution in [0.25, 0.3) is 5.57 Å². The average Bonchev–Trinajstić information content (AvgIpc) is 2.99. The van der Waals surface area contributed by atoms with Gasteiger partial charge >= 0.3 is 6.09 Å². The molecule has 2 fully saturated rings. The lowest BCUT2D eigenvalue weighted by molar-refractivity contribution is -0.204. The van der Waals surface area contributed by atoms with E-state index in [1.807, 2.05) is 38.1 Å². The Hall–Kier alpha value is -1.89. The van der Waals surface area contributed by atoms with Gasteiger partial charge in [-0.25, -0.2) is 4.79 Å². The van der Waals surface area contributed by atoms with Gasteiger partial charge in [-0.3, -0.25) is 4.90 Å². The molecule has 0 aromatic heterocycles. The number of fused-ring (bicyclic) bond motifs is 4. The van der Waals surface area contributed by atoms with Crippen molar-refractivity contribution in [1.82, 2.24) is 4.90 Å². The third-order valence-corrected chi connectivity index (χ3v) is 4.83. The fourth-order valence-corrected chi connectivity index (χ4v) is 3.84. The van der Waals surface area contributed by atoms with Crippen LogP contribution in [0, 0.1) is 0 Å². The molecular formula is C18H21NO5. The average molecular weight is 331 g/mol. The molecule has 0 unspecified atom stereocenters. The van der Waals surface area contributed by atoms with E-state index < -0.39 is 18.2 Å². The Kier molecular flexibility index (Phi) is 3.46.